The second-order valence-electron chi connectivity index (χ2n) is 6.03. The van der Waals surface area contributed by atoms with Crippen molar-refractivity contribution in [2.24, 2.45) is 10.6 Å². The fraction of sp³-hybridized carbons (Fsp3) is 0.500. The van der Waals surface area contributed by atoms with E-state index in [1.165, 1.54) is 24.3 Å². The zero-order valence-corrected chi connectivity index (χ0v) is 12.6. The number of carbonyl (C=O) groups is 1. The average molecular weight is 296 g/mol. The van der Waals surface area contributed by atoms with Crippen LogP contribution in [0.15, 0.2) is 29.2 Å². The third-order valence-corrected chi connectivity index (χ3v) is 4.76. The number of carbonyl (C=O) groups excluding carboxylic acids is 1. The molecule has 0 radical (unpaired) electrons. The molecule has 0 atom stereocenters. The van der Waals surface area contributed by atoms with Crippen molar-refractivity contribution in [3.63, 3.8) is 0 Å². The number of piperidine rings is 1. The molecule has 1 fully saturated rings. The summed E-state index contributed by atoms with van der Waals surface area (Å²) in [6, 6.07) is 5.77. The fourth-order valence-corrected chi connectivity index (χ4v) is 2.80. The number of benzene rings is 1. The van der Waals surface area contributed by atoms with E-state index >= 15 is 0 Å². The molecule has 20 heavy (non-hydrogen) atoms. The van der Waals surface area contributed by atoms with Crippen LogP contribution in [0.2, 0.25) is 0 Å². The van der Waals surface area contributed by atoms with E-state index in [2.05, 4.69) is 13.8 Å². The number of amides is 1. The van der Waals surface area contributed by atoms with E-state index in [9.17, 15) is 13.2 Å². The van der Waals surface area contributed by atoms with Crippen molar-refractivity contribution >= 4 is 15.9 Å². The van der Waals surface area contributed by atoms with Crippen molar-refractivity contribution in [2.45, 2.75) is 31.6 Å². The molecule has 1 heterocycles. The van der Waals surface area contributed by atoms with E-state index in [4.69, 9.17) is 5.14 Å². The lowest BCUT2D eigenvalue weighted by atomic mass is 9.82. The van der Waals surface area contributed by atoms with Crippen molar-refractivity contribution < 1.29 is 13.2 Å². The van der Waals surface area contributed by atoms with Gasteiger partial charge in [0.05, 0.1) is 4.90 Å². The lowest BCUT2D eigenvalue weighted by Gasteiger charge is -2.36. The van der Waals surface area contributed by atoms with Gasteiger partial charge in [0.15, 0.2) is 0 Å². The number of nitrogens with zero attached hydrogens (tertiary/aromatic N) is 1. The number of nitrogens with two attached hydrogens (primary N) is 1. The van der Waals surface area contributed by atoms with Gasteiger partial charge >= 0.3 is 0 Å². The second-order valence-corrected chi connectivity index (χ2v) is 7.59. The topological polar surface area (TPSA) is 80.5 Å². The van der Waals surface area contributed by atoms with E-state index in [0.29, 0.717) is 5.56 Å². The molecule has 1 aromatic rings. The third-order valence-electron chi connectivity index (χ3n) is 3.83. The van der Waals surface area contributed by atoms with Gasteiger partial charge in [-0.05, 0) is 42.5 Å². The summed E-state index contributed by atoms with van der Waals surface area (Å²) in [6.45, 7) is 5.89. The van der Waals surface area contributed by atoms with Crippen molar-refractivity contribution in [2.75, 3.05) is 13.1 Å². The van der Waals surface area contributed by atoms with Gasteiger partial charge in [0, 0.05) is 18.7 Å². The van der Waals surface area contributed by atoms with Crippen LogP contribution in [0.25, 0.3) is 0 Å². The summed E-state index contributed by atoms with van der Waals surface area (Å²) in [7, 11) is -3.71. The Hall–Kier alpha value is -1.40. The first kappa shape index (κ1) is 15.0. The van der Waals surface area contributed by atoms with Gasteiger partial charge in [0.2, 0.25) is 10.0 Å². The van der Waals surface area contributed by atoms with E-state index < -0.39 is 10.0 Å². The van der Waals surface area contributed by atoms with Crippen LogP contribution >= 0.6 is 0 Å². The van der Waals surface area contributed by atoms with Crippen LogP contribution in [0, 0.1) is 5.41 Å². The zero-order valence-electron chi connectivity index (χ0n) is 11.8. The molecular formula is C14H20N2O3S. The Kier molecular flexibility index (Phi) is 3.88. The van der Waals surface area contributed by atoms with Crippen LogP contribution in [0.5, 0.6) is 0 Å². The minimum absolute atomic E-state index is 0.0221. The molecule has 0 saturated carbocycles. The van der Waals surface area contributed by atoms with Gasteiger partial charge < -0.3 is 4.90 Å². The maximum absolute atomic E-state index is 12.3. The first-order valence-corrected chi connectivity index (χ1v) is 8.16. The molecule has 1 aromatic carbocycles. The lowest BCUT2D eigenvalue weighted by molar-refractivity contribution is 0.0630. The summed E-state index contributed by atoms with van der Waals surface area (Å²) >= 11 is 0. The molecule has 0 unspecified atom stereocenters. The van der Waals surface area contributed by atoms with Gasteiger partial charge in [0.1, 0.15) is 0 Å². The minimum atomic E-state index is -3.71. The molecule has 1 amide bonds. The highest BCUT2D eigenvalue weighted by Crippen LogP contribution is 2.30. The van der Waals surface area contributed by atoms with Gasteiger partial charge in [0.25, 0.3) is 5.91 Å². The highest BCUT2D eigenvalue weighted by atomic mass is 32.2. The Labute approximate surface area is 119 Å². The van der Waals surface area contributed by atoms with E-state index in [0.717, 1.165) is 25.9 Å². The highest BCUT2D eigenvalue weighted by Gasteiger charge is 2.28. The molecule has 1 aliphatic rings. The maximum Gasteiger partial charge on any atom is 0.253 e. The number of primary sulfonamides is 1. The molecule has 1 saturated heterocycles. The Balaban J connectivity index is 2.11. The van der Waals surface area contributed by atoms with Crippen LogP contribution in [0.4, 0.5) is 0 Å². The Morgan fingerprint density at radius 3 is 2.10 bits per heavy atom. The Morgan fingerprint density at radius 1 is 1.15 bits per heavy atom. The monoisotopic (exact) mass is 296 g/mol. The van der Waals surface area contributed by atoms with E-state index in [-0.39, 0.29) is 16.2 Å². The van der Waals surface area contributed by atoms with Crippen LogP contribution in [-0.2, 0) is 10.0 Å². The van der Waals surface area contributed by atoms with Crippen molar-refractivity contribution in [3.8, 4) is 0 Å². The molecular weight excluding hydrogens is 276 g/mol. The summed E-state index contributed by atoms with van der Waals surface area (Å²) in [5, 5.41) is 5.03. The zero-order chi connectivity index (χ0) is 15.0. The molecule has 2 rings (SSSR count). The molecule has 5 nitrogen and oxygen atoms in total. The highest BCUT2D eigenvalue weighted by molar-refractivity contribution is 7.89. The minimum Gasteiger partial charge on any atom is -0.339 e. The number of hydrogen-bond donors (Lipinski definition) is 1. The number of rotatable bonds is 2. The third kappa shape index (κ3) is 3.37. The summed E-state index contributed by atoms with van der Waals surface area (Å²) in [5.41, 5.74) is 0.783. The standard InChI is InChI=1S/C14H20N2O3S/c1-14(2)7-9-16(10-8-14)13(17)11-3-5-12(6-4-11)20(15,18)19/h3-6H,7-10H2,1-2H3,(H2,15,18,19). The first-order chi connectivity index (χ1) is 9.19. The molecule has 0 aromatic heterocycles. The van der Waals surface area contributed by atoms with E-state index in [1.807, 2.05) is 4.90 Å². The summed E-state index contributed by atoms with van der Waals surface area (Å²) in [6.07, 6.45) is 1.96. The summed E-state index contributed by atoms with van der Waals surface area (Å²) in [5.74, 6) is -0.0542. The average Bonchev–Trinajstić information content (AvgIpc) is 2.37. The molecule has 110 valence electrons. The fourth-order valence-electron chi connectivity index (χ4n) is 2.28. The van der Waals surface area contributed by atoms with Gasteiger partial charge in [-0.15, -0.1) is 0 Å². The summed E-state index contributed by atoms with van der Waals surface area (Å²) < 4.78 is 22.3. The lowest BCUT2D eigenvalue weighted by Crippen LogP contribution is -2.41. The van der Waals surface area contributed by atoms with Gasteiger partial charge in [-0.3, -0.25) is 4.79 Å². The second kappa shape index (κ2) is 5.18. The normalized spacial score (nSPS) is 18.9. The Bertz CT molecular complexity index is 596. The SMILES string of the molecule is CC1(C)CCN(C(=O)c2ccc(S(N)(=O)=O)cc2)CC1. The van der Waals surface area contributed by atoms with Crippen molar-refractivity contribution in [1.82, 2.24) is 4.90 Å². The van der Waals surface area contributed by atoms with Crippen molar-refractivity contribution in [1.29, 1.82) is 0 Å². The predicted octanol–water partition coefficient (Wildman–Crippen LogP) is 1.60. The quantitative estimate of drug-likeness (QED) is 0.900. The Morgan fingerprint density at radius 2 is 1.65 bits per heavy atom. The molecule has 0 spiro atoms. The summed E-state index contributed by atoms with van der Waals surface area (Å²) in [4.78, 5) is 14.2. The molecule has 1 aliphatic heterocycles. The van der Waals surface area contributed by atoms with E-state index in [1.54, 1.807) is 0 Å². The number of sulfonamides is 1. The smallest absolute Gasteiger partial charge is 0.253 e. The number of likely N-dealkylation sites (tertiary alicyclic amines) is 1. The largest absolute Gasteiger partial charge is 0.339 e. The van der Waals surface area contributed by atoms with Gasteiger partial charge in [-0.1, -0.05) is 13.8 Å². The van der Waals surface area contributed by atoms with Crippen molar-refractivity contribution in [3.05, 3.63) is 29.8 Å². The molecule has 0 aliphatic carbocycles. The molecule has 2 N–H and O–H groups in total. The predicted molar refractivity (Wildman–Crippen MR) is 76.7 cm³/mol. The van der Waals surface area contributed by atoms with Crippen LogP contribution in [-0.4, -0.2) is 32.3 Å². The number of hydrogen-bond acceptors (Lipinski definition) is 3. The van der Waals surface area contributed by atoms with Crippen LogP contribution < -0.4 is 5.14 Å². The first-order valence-electron chi connectivity index (χ1n) is 6.61. The van der Waals surface area contributed by atoms with Crippen LogP contribution in [0.1, 0.15) is 37.0 Å². The van der Waals surface area contributed by atoms with Crippen LogP contribution in [0.3, 0.4) is 0 Å². The van der Waals surface area contributed by atoms with Gasteiger partial charge in [-0.2, -0.15) is 0 Å². The molecule has 0 bridgehead atoms. The van der Waals surface area contributed by atoms with Gasteiger partial charge in [-0.25, -0.2) is 13.6 Å². The maximum atomic E-state index is 12.3. The molecule has 6 heteroatoms.